The molecule has 0 unspecified atom stereocenters. The van der Waals surface area contributed by atoms with Gasteiger partial charge in [0.1, 0.15) is 17.1 Å². The molecule has 0 atom stereocenters. The van der Waals surface area contributed by atoms with E-state index in [1.54, 1.807) is 18.2 Å². The molecule has 2 aromatic carbocycles. The lowest BCUT2D eigenvalue weighted by Crippen LogP contribution is -2.04. The summed E-state index contributed by atoms with van der Waals surface area (Å²) >= 11 is 3.35. The maximum absolute atomic E-state index is 12.7. The summed E-state index contributed by atoms with van der Waals surface area (Å²) in [5, 5.41) is 1.29. The third-order valence-electron chi connectivity index (χ3n) is 3.99. The van der Waals surface area contributed by atoms with Gasteiger partial charge in [-0.2, -0.15) is 13.2 Å². The van der Waals surface area contributed by atoms with Crippen molar-refractivity contribution >= 4 is 26.9 Å². The number of hydrogen-bond acceptors (Lipinski definition) is 3. The van der Waals surface area contributed by atoms with E-state index in [2.05, 4.69) is 15.9 Å². The zero-order chi connectivity index (χ0) is 19.4. The highest BCUT2D eigenvalue weighted by Crippen LogP contribution is 2.31. The van der Waals surface area contributed by atoms with Crippen molar-refractivity contribution in [2.24, 2.45) is 0 Å². The molecule has 0 amide bonds. The molecular formula is C20H16BrF3O3. The first kappa shape index (κ1) is 19.5. The Labute approximate surface area is 161 Å². The van der Waals surface area contributed by atoms with E-state index >= 15 is 0 Å². The topological polar surface area (TPSA) is 39.4 Å². The number of alkyl halides is 4. The number of hydrogen-bond donors (Lipinski definition) is 0. The minimum absolute atomic E-state index is 0.206. The fourth-order valence-electron chi connectivity index (χ4n) is 2.58. The number of ether oxygens (including phenoxy) is 1. The summed E-state index contributed by atoms with van der Waals surface area (Å²) in [5.41, 5.74) is -0.299. The predicted molar refractivity (Wildman–Crippen MR) is 101 cm³/mol. The zero-order valence-corrected chi connectivity index (χ0v) is 15.8. The van der Waals surface area contributed by atoms with Crippen molar-refractivity contribution < 1.29 is 22.3 Å². The van der Waals surface area contributed by atoms with E-state index in [1.807, 2.05) is 0 Å². The van der Waals surface area contributed by atoms with Crippen LogP contribution in [0.4, 0.5) is 13.2 Å². The Morgan fingerprint density at radius 3 is 2.41 bits per heavy atom. The molecule has 0 radical (unpaired) electrons. The summed E-state index contributed by atoms with van der Waals surface area (Å²) in [5.74, 6) is 0.780. The third kappa shape index (κ3) is 4.71. The van der Waals surface area contributed by atoms with Crippen molar-refractivity contribution in [3.8, 4) is 17.1 Å². The van der Waals surface area contributed by atoms with Gasteiger partial charge in [0.2, 0.25) is 0 Å². The van der Waals surface area contributed by atoms with E-state index < -0.39 is 11.7 Å². The average molecular weight is 441 g/mol. The smallest absolute Gasteiger partial charge is 0.416 e. The molecule has 0 aliphatic heterocycles. The van der Waals surface area contributed by atoms with Gasteiger partial charge in [-0.15, -0.1) is 0 Å². The molecule has 0 saturated carbocycles. The molecule has 3 rings (SSSR count). The molecule has 1 aromatic heterocycles. The SMILES string of the molecule is O=c1cc(-c2ccc(C(F)(F)F)cc2)oc2cc(OCCCCBr)ccc12. The van der Waals surface area contributed by atoms with Crippen LogP contribution in [0.1, 0.15) is 18.4 Å². The van der Waals surface area contributed by atoms with Crippen molar-refractivity contribution in [3.05, 3.63) is 64.3 Å². The molecule has 0 spiro atoms. The maximum atomic E-state index is 12.7. The molecule has 27 heavy (non-hydrogen) atoms. The molecule has 3 nitrogen and oxygen atoms in total. The van der Waals surface area contributed by atoms with Gasteiger partial charge in [-0.05, 0) is 37.1 Å². The first-order valence-electron chi connectivity index (χ1n) is 8.33. The van der Waals surface area contributed by atoms with Crippen LogP contribution in [0, 0.1) is 0 Å². The quantitative estimate of drug-likeness (QED) is 0.346. The van der Waals surface area contributed by atoms with Crippen molar-refractivity contribution in [2.75, 3.05) is 11.9 Å². The highest BCUT2D eigenvalue weighted by Gasteiger charge is 2.30. The Hall–Kier alpha value is -2.28. The van der Waals surface area contributed by atoms with Gasteiger partial charge in [-0.1, -0.05) is 28.1 Å². The van der Waals surface area contributed by atoms with E-state index in [4.69, 9.17) is 9.15 Å². The molecule has 0 aliphatic carbocycles. The Kier molecular flexibility index (Phi) is 5.89. The van der Waals surface area contributed by atoms with Crippen LogP contribution in [-0.2, 0) is 6.18 Å². The van der Waals surface area contributed by atoms with Crippen molar-refractivity contribution in [3.63, 3.8) is 0 Å². The van der Waals surface area contributed by atoms with Crippen molar-refractivity contribution in [2.45, 2.75) is 19.0 Å². The van der Waals surface area contributed by atoms with Crippen LogP contribution in [-0.4, -0.2) is 11.9 Å². The minimum atomic E-state index is -4.41. The zero-order valence-electron chi connectivity index (χ0n) is 14.2. The molecule has 3 aromatic rings. The highest BCUT2D eigenvalue weighted by atomic mass is 79.9. The van der Waals surface area contributed by atoms with E-state index in [0.717, 1.165) is 30.3 Å². The Morgan fingerprint density at radius 2 is 1.74 bits per heavy atom. The lowest BCUT2D eigenvalue weighted by atomic mass is 10.1. The van der Waals surface area contributed by atoms with Gasteiger partial charge in [-0.3, -0.25) is 4.79 Å². The average Bonchev–Trinajstić information content (AvgIpc) is 2.64. The second-order valence-corrected chi connectivity index (χ2v) is 6.75. The fourth-order valence-corrected chi connectivity index (χ4v) is 2.97. The summed E-state index contributed by atoms with van der Waals surface area (Å²) in [7, 11) is 0. The number of rotatable bonds is 6. The fraction of sp³-hybridized carbons (Fsp3) is 0.250. The normalized spacial score (nSPS) is 11.7. The van der Waals surface area contributed by atoms with E-state index in [0.29, 0.717) is 28.9 Å². The number of fused-ring (bicyclic) bond motifs is 1. The molecule has 1 heterocycles. The molecule has 142 valence electrons. The molecule has 0 fully saturated rings. The largest absolute Gasteiger partial charge is 0.493 e. The van der Waals surface area contributed by atoms with Crippen molar-refractivity contribution in [1.29, 1.82) is 0 Å². The second-order valence-electron chi connectivity index (χ2n) is 5.95. The molecule has 0 saturated heterocycles. The second kappa shape index (κ2) is 8.17. The van der Waals surface area contributed by atoms with Crippen LogP contribution < -0.4 is 10.2 Å². The van der Waals surface area contributed by atoms with E-state index in [-0.39, 0.29) is 11.2 Å². The standard InChI is InChI=1S/C20H16BrF3O3/c21-9-1-2-10-26-15-7-8-16-17(25)12-18(27-19(16)11-15)13-3-5-14(6-4-13)20(22,23)24/h3-8,11-12H,1-2,9-10H2. The summed E-state index contributed by atoms with van der Waals surface area (Å²) in [6.45, 7) is 0.542. The molecular weight excluding hydrogens is 425 g/mol. The molecule has 0 N–H and O–H groups in total. The summed E-state index contributed by atoms with van der Waals surface area (Å²) in [4.78, 5) is 12.3. The van der Waals surface area contributed by atoms with Crippen LogP contribution in [0.3, 0.4) is 0 Å². The molecule has 0 bridgehead atoms. The highest BCUT2D eigenvalue weighted by molar-refractivity contribution is 9.09. The monoisotopic (exact) mass is 440 g/mol. The Balaban J connectivity index is 1.91. The van der Waals surface area contributed by atoms with Gasteiger partial charge in [-0.25, -0.2) is 0 Å². The van der Waals surface area contributed by atoms with Crippen LogP contribution in [0.15, 0.2) is 57.7 Å². The molecule has 7 heteroatoms. The van der Waals surface area contributed by atoms with Crippen molar-refractivity contribution in [1.82, 2.24) is 0 Å². The van der Waals surface area contributed by atoms with Crippen LogP contribution in [0.25, 0.3) is 22.3 Å². The first-order valence-corrected chi connectivity index (χ1v) is 9.45. The van der Waals surface area contributed by atoms with Gasteiger partial charge >= 0.3 is 6.18 Å². The minimum Gasteiger partial charge on any atom is -0.493 e. The summed E-state index contributed by atoms with van der Waals surface area (Å²) in [6, 6.07) is 10.7. The van der Waals surface area contributed by atoms with Gasteiger partial charge in [0.25, 0.3) is 0 Å². The Bertz CT molecular complexity index is 978. The van der Waals surface area contributed by atoms with Gasteiger partial charge in [0.05, 0.1) is 17.6 Å². The summed E-state index contributed by atoms with van der Waals surface area (Å²) in [6.07, 6.45) is -2.54. The molecule has 0 aliphatic rings. The maximum Gasteiger partial charge on any atom is 0.416 e. The first-order chi connectivity index (χ1) is 12.9. The van der Waals surface area contributed by atoms with Crippen LogP contribution in [0.2, 0.25) is 0 Å². The summed E-state index contributed by atoms with van der Waals surface area (Å²) < 4.78 is 49.5. The predicted octanol–water partition coefficient (Wildman–Crippen LogP) is 6.03. The van der Waals surface area contributed by atoms with Gasteiger partial charge in [0, 0.05) is 23.0 Å². The van der Waals surface area contributed by atoms with E-state index in [1.165, 1.54) is 18.2 Å². The van der Waals surface area contributed by atoms with E-state index in [9.17, 15) is 18.0 Å². The Morgan fingerprint density at radius 1 is 1.00 bits per heavy atom. The number of halogens is 4. The lowest BCUT2D eigenvalue weighted by Gasteiger charge is -2.09. The number of unbranched alkanes of at least 4 members (excludes halogenated alkanes) is 1. The number of benzene rings is 2. The third-order valence-corrected chi connectivity index (χ3v) is 4.55. The van der Waals surface area contributed by atoms with Gasteiger partial charge in [0.15, 0.2) is 5.43 Å². The van der Waals surface area contributed by atoms with Crippen LogP contribution >= 0.6 is 15.9 Å². The van der Waals surface area contributed by atoms with Gasteiger partial charge < -0.3 is 9.15 Å². The lowest BCUT2D eigenvalue weighted by molar-refractivity contribution is -0.137. The van der Waals surface area contributed by atoms with Crippen LogP contribution in [0.5, 0.6) is 5.75 Å².